The summed E-state index contributed by atoms with van der Waals surface area (Å²) in [4.78, 5) is 22.1. The lowest BCUT2D eigenvalue weighted by Gasteiger charge is -2.26. The van der Waals surface area contributed by atoms with Crippen LogP contribution < -0.4 is 11.6 Å². The molecule has 146 valence electrons. The Hall–Kier alpha value is -3.23. The third-order valence-corrected chi connectivity index (χ3v) is 4.22. The number of terminal acetylenes is 1. The maximum Gasteiger partial charge on any atom is 0.519 e. The second-order valence-corrected chi connectivity index (χ2v) is 5.91. The van der Waals surface area contributed by atoms with Gasteiger partial charge in [-0.15, -0.1) is 6.42 Å². The molecule has 0 unspecified atom stereocenters. The van der Waals surface area contributed by atoms with Crippen molar-refractivity contribution in [3.8, 4) is 12.3 Å². The number of halogens is 1. The van der Waals surface area contributed by atoms with Crippen LogP contribution in [0.3, 0.4) is 0 Å². The number of ether oxygens (including phenoxy) is 1. The van der Waals surface area contributed by atoms with E-state index in [1.165, 1.54) is 6.92 Å². The Bertz CT molecular complexity index is 1310. The second-order valence-electron chi connectivity index (χ2n) is 5.91. The van der Waals surface area contributed by atoms with Gasteiger partial charge in [-0.25, -0.2) is 9.78 Å². The van der Waals surface area contributed by atoms with Crippen LogP contribution in [-0.4, -0.2) is 36.3 Å². The van der Waals surface area contributed by atoms with E-state index in [9.17, 15) is 14.3 Å². The number of nitrogens with two attached hydrogens (primary N) is 1. The van der Waals surface area contributed by atoms with Crippen molar-refractivity contribution >= 4 is 17.0 Å². The van der Waals surface area contributed by atoms with E-state index < -0.39 is 49.0 Å². The zero-order chi connectivity index (χ0) is 23.6. The SMILES string of the molecule is [2H]C1([2H])[C@H](n2cnc3c(N)nc(F)nc32)O[C@@](C#C)(C([2H])([2H])Cc2oc(=O)oc2C)[C@H]1O. The first-order chi connectivity index (χ1) is 14.8. The van der Waals surface area contributed by atoms with Gasteiger partial charge in [-0.05, 0) is 13.3 Å². The minimum atomic E-state index is -2.70. The molecule has 1 aliphatic rings. The summed E-state index contributed by atoms with van der Waals surface area (Å²) in [7, 11) is 0. The van der Waals surface area contributed by atoms with Gasteiger partial charge in [0.05, 0.1) is 12.4 Å². The van der Waals surface area contributed by atoms with Crippen molar-refractivity contribution < 1.29 is 28.6 Å². The smallest absolute Gasteiger partial charge is 0.396 e. The van der Waals surface area contributed by atoms with Gasteiger partial charge in [-0.2, -0.15) is 14.4 Å². The number of nitrogens with zero attached hydrogens (tertiary/aromatic N) is 4. The Balaban J connectivity index is 1.82. The highest BCUT2D eigenvalue weighted by atomic mass is 19.1. The molecule has 0 aromatic carbocycles. The lowest BCUT2D eigenvalue weighted by atomic mass is 9.91. The summed E-state index contributed by atoms with van der Waals surface area (Å²) in [5.74, 6) is 0.455. The van der Waals surface area contributed by atoms with Crippen LogP contribution in [0.5, 0.6) is 0 Å². The average Bonchev–Trinajstić information content (AvgIpc) is 3.29. The highest BCUT2D eigenvalue weighted by molar-refractivity contribution is 5.81. The molecule has 0 spiro atoms. The quantitative estimate of drug-likeness (QED) is 0.483. The maximum atomic E-state index is 13.7. The number of aliphatic hydroxyl groups excluding tert-OH is 1. The molecule has 3 N–H and O–H groups in total. The van der Waals surface area contributed by atoms with E-state index >= 15 is 0 Å². The van der Waals surface area contributed by atoms with Gasteiger partial charge in [-0.1, -0.05) is 5.92 Å². The summed E-state index contributed by atoms with van der Waals surface area (Å²) < 4.78 is 63.7. The Labute approximate surface area is 162 Å². The Morgan fingerprint density at radius 2 is 2.39 bits per heavy atom. The number of hydrogen-bond acceptors (Lipinski definition) is 9. The topological polar surface area (TPSA) is 142 Å². The van der Waals surface area contributed by atoms with Crippen molar-refractivity contribution in [2.75, 3.05) is 5.73 Å². The van der Waals surface area contributed by atoms with E-state index in [0.29, 0.717) is 0 Å². The zero-order valence-electron chi connectivity index (χ0n) is 18.3. The van der Waals surface area contributed by atoms with Crippen LogP contribution in [0.2, 0.25) is 0 Å². The Kier molecular flexibility index (Phi) is 3.19. The number of anilines is 1. The normalized spacial score (nSPS) is 29.1. The van der Waals surface area contributed by atoms with Crippen molar-refractivity contribution in [2.45, 2.75) is 44.0 Å². The van der Waals surface area contributed by atoms with E-state index in [1.807, 2.05) is 5.92 Å². The monoisotopic (exact) mass is 393 g/mol. The lowest BCUT2D eigenvalue weighted by Crippen LogP contribution is -2.38. The first-order valence-electron chi connectivity index (χ1n) is 9.92. The van der Waals surface area contributed by atoms with Crippen molar-refractivity contribution in [3.05, 3.63) is 34.5 Å². The third kappa shape index (κ3) is 2.83. The summed E-state index contributed by atoms with van der Waals surface area (Å²) in [6.07, 6.45) is -4.65. The average molecular weight is 393 g/mol. The maximum absolute atomic E-state index is 13.7. The molecule has 11 heteroatoms. The minimum Gasteiger partial charge on any atom is -0.396 e. The van der Waals surface area contributed by atoms with Crippen molar-refractivity contribution in [3.63, 3.8) is 0 Å². The predicted molar refractivity (Wildman–Crippen MR) is 92.3 cm³/mol. The molecule has 4 rings (SSSR count). The van der Waals surface area contributed by atoms with Gasteiger partial charge in [0.25, 0.3) is 0 Å². The van der Waals surface area contributed by atoms with Gasteiger partial charge in [0.2, 0.25) is 0 Å². The van der Waals surface area contributed by atoms with Gasteiger partial charge >= 0.3 is 11.9 Å². The van der Waals surface area contributed by atoms with Gasteiger partial charge in [-0.3, -0.25) is 4.57 Å². The highest BCUT2D eigenvalue weighted by Crippen LogP contribution is 2.40. The van der Waals surface area contributed by atoms with Crippen LogP contribution in [0.25, 0.3) is 11.2 Å². The van der Waals surface area contributed by atoms with Gasteiger partial charge in [0.1, 0.15) is 17.7 Å². The molecule has 1 fully saturated rings. The molecule has 1 aliphatic heterocycles. The predicted octanol–water partition coefficient (Wildman–Crippen LogP) is 0.687. The summed E-state index contributed by atoms with van der Waals surface area (Å²) >= 11 is 0. The second kappa shape index (κ2) is 6.43. The van der Waals surface area contributed by atoms with Crippen LogP contribution in [0.4, 0.5) is 10.2 Å². The molecule has 0 aliphatic carbocycles. The fraction of sp³-hybridized carbons (Fsp3) is 0.412. The number of aryl methyl sites for hydroxylation is 2. The molecule has 3 aromatic rings. The fourth-order valence-electron chi connectivity index (χ4n) is 2.80. The van der Waals surface area contributed by atoms with Gasteiger partial charge in [0.15, 0.2) is 22.6 Å². The minimum absolute atomic E-state index is 0.0126. The molecule has 0 bridgehead atoms. The number of nitrogen functional groups attached to an aromatic ring is 1. The third-order valence-electron chi connectivity index (χ3n) is 4.22. The van der Waals surface area contributed by atoms with Gasteiger partial charge in [0, 0.05) is 18.3 Å². The van der Waals surface area contributed by atoms with Crippen LogP contribution in [0.15, 0.2) is 20.0 Å². The first kappa shape index (κ1) is 13.9. The molecule has 0 radical (unpaired) electrons. The van der Waals surface area contributed by atoms with Crippen LogP contribution >= 0.6 is 0 Å². The highest BCUT2D eigenvalue weighted by Gasteiger charge is 2.48. The number of imidazole rings is 1. The molecule has 10 nitrogen and oxygen atoms in total. The van der Waals surface area contributed by atoms with Crippen LogP contribution in [0, 0.1) is 25.3 Å². The molecule has 1 saturated heterocycles. The fourth-order valence-corrected chi connectivity index (χ4v) is 2.80. The molecule has 0 saturated carbocycles. The van der Waals surface area contributed by atoms with Crippen LogP contribution in [0.1, 0.15) is 36.0 Å². The Morgan fingerprint density at radius 1 is 1.61 bits per heavy atom. The molecule has 3 aromatic heterocycles. The zero-order valence-corrected chi connectivity index (χ0v) is 14.3. The van der Waals surface area contributed by atoms with Crippen molar-refractivity contribution in [1.29, 1.82) is 0 Å². The van der Waals surface area contributed by atoms with E-state index in [0.717, 1.165) is 10.9 Å². The summed E-state index contributed by atoms with van der Waals surface area (Å²) in [6, 6.07) is 0. The molecule has 0 amide bonds. The lowest BCUT2D eigenvalue weighted by molar-refractivity contribution is -0.0678. The van der Waals surface area contributed by atoms with Crippen molar-refractivity contribution in [2.24, 2.45) is 0 Å². The van der Waals surface area contributed by atoms with E-state index in [4.69, 9.17) is 31.2 Å². The molecular formula is C17H16FN5O5. The molecular weight excluding hydrogens is 373 g/mol. The molecule has 4 heterocycles. The largest absolute Gasteiger partial charge is 0.519 e. The van der Waals surface area contributed by atoms with E-state index in [1.54, 1.807) is 0 Å². The van der Waals surface area contributed by atoms with E-state index in [2.05, 4.69) is 15.0 Å². The standard InChI is InChI=1S/C17H16FN5O5/c1-3-17(5-4-9-8(2)26-16(25)27-9)10(24)6-11(28-17)23-7-20-12-13(19)21-15(18)22-14(12)23/h1,7,10-11,24H,4-6H2,2H3,(H2,19,21,22)/t10-,11+,17-/m0/s1/i5D2,6D2. The summed E-state index contributed by atoms with van der Waals surface area (Å²) in [6.45, 7) is 1.36. The number of rotatable bonds is 4. The number of fused-ring (bicyclic) bond motifs is 1. The molecule has 3 atom stereocenters. The number of aliphatic hydroxyl groups is 1. The Morgan fingerprint density at radius 3 is 3.07 bits per heavy atom. The molecule has 28 heavy (non-hydrogen) atoms. The number of hydrogen-bond donors (Lipinski definition) is 2. The van der Waals surface area contributed by atoms with E-state index in [-0.39, 0.29) is 28.5 Å². The van der Waals surface area contributed by atoms with Crippen LogP contribution in [-0.2, 0) is 11.2 Å². The summed E-state index contributed by atoms with van der Waals surface area (Å²) in [5, 5.41) is 10.8. The van der Waals surface area contributed by atoms with Crippen molar-refractivity contribution in [1.82, 2.24) is 19.5 Å². The first-order valence-corrected chi connectivity index (χ1v) is 7.92. The summed E-state index contributed by atoms with van der Waals surface area (Å²) in [5.41, 5.74) is 2.76. The van der Waals surface area contributed by atoms with Gasteiger partial charge < -0.3 is 24.4 Å². The number of aromatic nitrogens is 4.